The van der Waals surface area contributed by atoms with Crippen LogP contribution >= 0.6 is 0 Å². The highest BCUT2D eigenvalue weighted by Crippen LogP contribution is 2.11. The number of nitrogens with two attached hydrogens (primary N) is 1. The third kappa shape index (κ3) is 8.27. The van der Waals surface area contributed by atoms with Gasteiger partial charge in [0.05, 0.1) is 6.10 Å². The molecule has 32 heavy (non-hydrogen) atoms. The Morgan fingerprint density at radius 2 is 1.53 bits per heavy atom. The van der Waals surface area contributed by atoms with Crippen molar-refractivity contribution in [3.63, 3.8) is 0 Å². The molecule has 0 bridgehead atoms. The van der Waals surface area contributed by atoms with E-state index < -0.39 is 54.0 Å². The van der Waals surface area contributed by atoms with Gasteiger partial charge in [-0.05, 0) is 25.3 Å². The Morgan fingerprint density at radius 1 is 0.938 bits per heavy atom. The molecule has 0 saturated heterocycles. The molecule has 10 heteroatoms. The second-order valence-electron chi connectivity index (χ2n) is 7.96. The maximum absolute atomic E-state index is 13.1. The second-order valence-corrected chi connectivity index (χ2v) is 7.96. The van der Waals surface area contributed by atoms with Crippen LogP contribution in [0.3, 0.4) is 0 Å². The highest BCUT2D eigenvalue weighted by molar-refractivity contribution is 5.94. The van der Waals surface area contributed by atoms with Gasteiger partial charge in [0.15, 0.2) is 0 Å². The molecule has 1 aromatic rings. The van der Waals surface area contributed by atoms with Crippen LogP contribution in [0.2, 0.25) is 0 Å². The molecule has 0 aliphatic carbocycles. The quantitative estimate of drug-likeness (QED) is 0.250. The van der Waals surface area contributed by atoms with E-state index in [0.717, 1.165) is 5.56 Å². The molecule has 6 atom stereocenters. The highest BCUT2D eigenvalue weighted by Gasteiger charge is 2.32. The first-order chi connectivity index (χ1) is 15.0. The lowest BCUT2D eigenvalue weighted by molar-refractivity contribution is -0.142. The number of nitrogens with one attached hydrogen (secondary N) is 3. The molecule has 7 N–H and O–H groups in total. The van der Waals surface area contributed by atoms with Crippen LogP contribution in [0.25, 0.3) is 0 Å². The summed E-state index contributed by atoms with van der Waals surface area (Å²) in [6, 6.07) is 4.53. The van der Waals surface area contributed by atoms with E-state index in [1.165, 1.54) is 13.8 Å². The van der Waals surface area contributed by atoms with Crippen LogP contribution in [0.4, 0.5) is 0 Å². The topological polar surface area (TPSA) is 171 Å². The Kier molecular flexibility index (Phi) is 10.8. The maximum Gasteiger partial charge on any atom is 0.325 e. The van der Waals surface area contributed by atoms with Crippen molar-refractivity contribution in [3.05, 3.63) is 35.9 Å². The van der Waals surface area contributed by atoms with E-state index in [-0.39, 0.29) is 12.3 Å². The summed E-state index contributed by atoms with van der Waals surface area (Å²) in [5, 5.41) is 26.2. The fraction of sp³-hybridized carbons (Fsp3) is 0.545. The van der Waals surface area contributed by atoms with Crippen LogP contribution in [0.1, 0.15) is 39.7 Å². The van der Waals surface area contributed by atoms with Crippen LogP contribution in [0.5, 0.6) is 0 Å². The predicted octanol–water partition coefficient (Wildman–Crippen LogP) is -0.458. The van der Waals surface area contributed by atoms with Crippen LogP contribution < -0.4 is 21.7 Å². The summed E-state index contributed by atoms with van der Waals surface area (Å²) >= 11 is 0. The van der Waals surface area contributed by atoms with Gasteiger partial charge in [-0.15, -0.1) is 0 Å². The molecular weight excluding hydrogens is 416 g/mol. The molecule has 0 radical (unpaired) electrons. The number of aliphatic carboxylic acids is 1. The maximum atomic E-state index is 13.1. The molecule has 0 aromatic heterocycles. The number of amides is 3. The lowest BCUT2D eigenvalue weighted by Crippen LogP contribution is -2.59. The Labute approximate surface area is 187 Å². The number of hydrogen-bond acceptors (Lipinski definition) is 6. The van der Waals surface area contributed by atoms with Crippen LogP contribution in [0, 0.1) is 5.92 Å². The summed E-state index contributed by atoms with van der Waals surface area (Å²) in [5.41, 5.74) is 6.46. The molecule has 1 aromatic carbocycles. The normalized spacial score (nSPS) is 16.6. The molecule has 0 spiro atoms. The summed E-state index contributed by atoms with van der Waals surface area (Å²) in [7, 11) is 0. The minimum Gasteiger partial charge on any atom is -0.480 e. The van der Waals surface area contributed by atoms with Gasteiger partial charge >= 0.3 is 5.97 Å². The number of hydrogen-bond donors (Lipinski definition) is 6. The van der Waals surface area contributed by atoms with Gasteiger partial charge in [0.25, 0.3) is 0 Å². The van der Waals surface area contributed by atoms with Crippen molar-refractivity contribution in [2.45, 2.75) is 70.8 Å². The average molecular weight is 451 g/mol. The van der Waals surface area contributed by atoms with E-state index in [4.69, 9.17) is 10.8 Å². The van der Waals surface area contributed by atoms with Gasteiger partial charge in [-0.3, -0.25) is 19.2 Å². The van der Waals surface area contributed by atoms with Gasteiger partial charge in [0.1, 0.15) is 24.2 Å². The smallest absolute Gasteiger partial charge is 0.325 e. The summed E-state index contributed by atoms with van der Waals surface area (Å²) in [4.78, 5) is 49.3. The minimum absolute atomic E-state index is 0.130. The number of benzene rings is 1. The molecule has 0 heterocycles. The third-order valence-corrected chi connectivity index (χ3v) is 5.26. The molecule has 0 saturated carbocycles. The van der Waals surface area contributed by atoms with Gasteiger partial charge in [-0.1, -0.05) is 50.6 Å². The highest BCUT2D eigenvalue weighted by atomic mass is 16.4. The van der Waals surface area contributed by atoms with Gasteiger partial charge in [-0.25, -0.2) is 0 Å². The van der Waals surface area contributed by atoms with Crippen molar-refractivity contribution in [3.8, 4) is 0 Å². The number of aliphatic hydroxyl groups excluding tert-OH is 1. The number of carbonyl (C=O) groups excluding carboxylic acids is 3. The first kappa shape index (κ1) is 27.1. The zero-order valence-electron chi connectivity index (χ0n) is 18.9. The predicted molar refractivity (Wildman–Crippen MR) is 118 cm³/mol. The van der Waals surface area contributed by atoms with Crippen molar-refractivity contribution in [2.75, 3.05) is 0 Å². The lowest BCUT2D eigenvalue weighted by atomic mass is 9.96. The summed E-state index contributed by atoms with van der Waals surface area (Å²) in [5.74, 6) is -3.46. The van der Waals surface area contributed by atoms with Crippen molar-refractivity contribution >= 4 is 23.7 Å². The zero-order chi connectivity index (χ0) is 24.4. The van der Waals surface area contributed by atoms with E-state index in [2.05, 4.69) is 16.0 Å². The number of carbonyl (C=O) groups is 4. The molecular formula is C22H34N4O6. The molecule has 0 fully saturated rings. The average Bonchev–Trinajstić information content (AvgIpc) is 2.75. The number of aliphatic hydroxyl groups is 1. The monoisotopic (exact) mass is 450 g/mol. The Balaban J connectivity index is 3.08. The Morgan fingerprint density at radius 3 is 2.03 bits per heavy atom. The summed E-state index contributed by atoms with van der Waals surface area (Å²) in [6.07, 6.45) is -0.445. The van der Waals surface area contributed by atoms with Crippen molar-refractivity contribution in [2.24, 2.45) is 11.7 Å². The number of rotatable bonds is 12. The van der Waals surface area contributed by atoms with Crippen molar-refractivity contribution < 1.29 is 29.4 Å². The van der Waals surface area contributed by atoms with Crippen molar-refractivity contribution in [1.82, 2.24) is 16.0 Å². The van der Waals surface area contributed by atoms with Gasteiger partial charge < -0.3 is 31.9 Å². The minimum atomic E-state index is -1.23. The molecule has 3 amide bonds. The largest absolute Gasteiger partial charge is 0.480 e. The zero-order valence-corrected chi connectivity index (χ0v) is 18.9. The van der Waals surface area contributed by atoms with Gasteiger partial charge in [0.2, 0.25) is 17.7 Å². The van der Waals surface area contributed by atoms with E-state index in [9.17, 15) is 24.3 Å². The van der Waals surface area contributed by atoms with E-state index in [1.807, 2.05) is 13.0 Å². The third-order valence-electron chi connectivity index (χ3n) is 5.26. The molecule has 178 valence electrons. The van der Waals surface area contributed by atoms with Gasteiger partial charge in [0, 0.05) is 6.42 Å². The van der Waals surface area contributed by atoms with Crippen LogP contribution in [0.15, 0.2) is 30.3 Å². The second kappa shape index (κ2) is 12.8. The first-order valence-corrected chi connectivity index (χ1v) is 10.6. The molecule has 0 aliphatic rings. The van der Waals surface area contributed by atoms with E-state index in [1.54, 1.807) is 31.2 Å². The van der Waals surface area contributed by atoms with Crippen LogP contribution in [-0.4, -0.2) is 64.2 Å². The summed E-state index contributed by atoms with van der Waals surface area (Å²) in [6.45, 7) is 6.28. The molecule has 1 rings (SSSR count). The molecule has 0 aliphatic heterocycles. The Hall–Kier alpha value is -2.98. The number of carboxylic acids is 1. The van der Waals surface area contributed by atoms with Crippen molar-refractivity contribution in [1.29, 1.82) is 0 Å². The van der Waals surface area contributed by atoms with Gasteiger partial charge in [-0.2, -0.15) is 0 Å². The molecule has 6 unspecified atom stereocenters. The molecule has 10 nitrogen and oxygen atoms in total. The number of carboxylic acid groups (broad SMARTS) is 1. The van der Waals surface area contributed by atoms with Crippen LogP contribution in [-0.2, 0) is 25.6 Å². The fourth-order valence-electron chi connectivity index (χ4n) is 2.87. The lowest BCUT2D eigenvalue weighted by Gasteiger charge is -2.28. The fourth-order valence-corrected chi connectivity index (χ4v) is 2.87. The summed E-state index contributed by atoms with van der Waals surface area (Å²) < 4.78 is 0. The first-order valence-electron chi connectivity index (χ1n) is 10.6. The van der Waals surface area contributed by atoms with E-state index in [0.29, 0.717) is 6.42 Å². The SMILES string of the molecule is CCC(C)C(NC(=O)C(Cc1ccccc1)NC(=O)C(N)C(C)O)C(=O)NC(C)C(=O)O. The standard InChI is InChI=1S/C22H34N4O6/c1-5-12(2)18(21(30)24-13(3)22(31)32)26-19(28)16(11-15-9-7-6-8-10-15)25-20(29)17(23)14(4)27/h6-10,12-14,16-18,27H,5,11,23H2,1-4H3,(H,24,30)(H,25,29)(H,26,28)(H,31,32). The Bertz CT molecular complexity index is 786. The van der Waals surface area contributed by atoms with E-state index >= 15 is 0 Å².